The van der Waals surface area contributed by atoms with Crippen LogP contribution >= 0.6 is 15.9 Å². The molecule has 88 valence electrons. The largest absolute Gasteiger partial charge is 0.309 e. The van der Waals surface area contributed by atoms with Gasteiger partial charge in [-0.2, -0.15) is 0 Å². The van der Waals surface area contributed by atoms with Gasteiger partial charge in [-0.05, 0) is 50.8 Å². The van der Waals surface area contributed by atoms with Gasteiger partial charge in [-0.15, -0.1) is 0 Å². The van der Waals surface area contributed by atoms with Crippen molar-refractivity contribution in [3.05, 3.63) is 34.3 Å². The van der Waals surface area contributed by atoms with E-state index in [1.54, 1.807) is 0 Å². The third kappa shape index (κ3) is 3.33. The number of nitrogens with one attached hydrogen (secondary N) is 1. The molecular formula is C14H20BrN. The molecular weight excluding hydrogens is 262 g/mol. The molecule has 1 aromatic carbocycles. The van der Waals surface area contributed by atoms with Crippen molar-refractivity contribution in [2.75, 3.05) is 0 Å². The van der Waals surface area contributed by atoms with E-state index in [-0.39, 0.29) is 5.54 Å². The van der Waals surface area contributed by atoms with E-state index in [2.05, 4.69) is 59.4 Å². The fourth-order valence-corrected chi connectivity index (χ4v) is 2.76. The average molecular weight is 282 g/mol. The van der Waals surface area contributed by atoms with Crippen LogP contribution in [0.1, 0.15) is 38.7 Å². The van der Waals surface area contributed by atoms with Crippen LogP contribution in [0.15, 0.2) is 28.7 Å². The van der Waals surface area contributed by atoms with Gasteiger partial charge in [-0.25, -0.2) is 0 Å². The second kappa shape index (κ2) is 4.89. The summed E-state index contributed by atoms with van der Waals surface area (Å²) in [6, 6.07) is 9.36. The number of halogens is 1. The first-order valence-corrected chi connectivity index (χ1v) is 6.87. The molecule has 1 aromatic rings. The molecule has 2 rings (SSSR count). The van der Waals surface area contributed by atoms with Crippen LogP contribution in [-0.2, 0) is 6.42 Å². The zero-order valence-electron chi connectivity index (χ0n) is 10.1. The lowest BCUT2D eigenvalue weighted by molar-refractivity contribution is 0.251. The lowest BCUT2D eigenvalue weighted by Crippen LogP contribution is -2.50. The third-order valence-corrected chi connectivity index (χ3v) is 3.73. The minimum atomic E-state index is 0.200. The summed E-state index contributed by atoms with van der Waals surface area (Å²) in [6.07, 6.45) is 5.18. The summed E-state index contributed by atoms with van der Waals surface area (Å²) in [7, 11) is 0. The first kappa shape index (κ1) is 12.1. The highest BCUT2D eigenvalue weighted by Gasteiger charge is 2.26. The Hall–Kier alpha value is -0.340. The summed E-state index contributed by atoms with van der Waals surface area (Å²) in [5.74, 6) is 0. The van der Waals surface area contributed by atoms with Gasteiger partial charge in [0.15, 0.2) is 0 Å². The van der Waals surface area contributed by atoms with Gasteiger partial charge in [0.05, 0.1) is 0 Å². The summed E-state index contributed by atoms with van der Waals surface area (Å²) < 4.78 is 1.17. The Bertz CT molecular complexity index is 356. The molecule has 0 amide bonds. The predicted octanol–water partition coefficient (Wildman–Crippen LogP) is 3.91. The van der Waals surface area contributed by atoms with E-state index in [0.29, 0.717) is 0 Å². The predicted molar refractivity (Wildman–Crippen MR) is 72.7 cm³/mol. The summed E-state index contributed by atoms with van der Waals surface area (Å²) in [4.78, 5) is 0. The minimum absolute atomic E-state index is 0.200. The summed E-state index contributed by atoms with van der Waals surface area (Å²) >= 11 is 3.52. The van der Waals surface area contributed by atoms with E-state index >= 15 is 0 Å². The molecule has 0 aliphatic heterocycles. The zero-order chi connectivity index (χ0) is 11.6. The van der Waals surface area contributed by atoms with Crippen molar-refractivity contribution < 1.29 is 0 Å². The van der Waals surface area contributed by atoms with E-state index in [9.17, 15) is 0 Å². The number of benzene rings is 1. The Morgan fingerprint density at radius 1 is 1.38 bits per heavy atom. The molecule has 0 spiro atoms. The summed E-state index contributed by atoms with van der Waals surface area (Å²) in [5.41, 5.74) is 1.59. The molecule has 0 radical (unpaired) electrons. The van der Waals surface area contributed by atoms with Crippen LogP contribution in [-0.4, -0.2) is 11.6 Å². The van der Waals surface area contributed by atoms with Gasteiger partial charge in [0.25, 0.3) is 0 Å². The summed E-state index contributed by atoms with van der Waals surface area (Å²) in [6.45, 7) is 4.60. The molecule has 1 nitrogen and oxygen atoms in total. The first-order chi connectivity index (χ1) is 7.55. The Labute approximate surface area is 107 Å². The Morgan fingerprint density at radius 2 is 2.12 bits per heavy atom. The quantitative estimate of drug-likeness (QED) is 0.882. The third-order valence-electron chi connectivity index (χ3n) is 3.24. The SMILES string of the molecule is CC(C)(Cc1cccc(Br)c1)NC1CCC1. The second-order valence-electron chi connectivity index (χ2n) is 5.46. The van der Waals surface area contributed by atoms with Crippen LogP contribution in [0.5, 0.6) is 0 Å². The summed E-state index contributed by atoms with van der Waals surface area (Å²) in [5, 5.41) is 3.75. The Balaban J connectivity index is 1.96. The van der Waals surface area contributed by atoms with Gasteiger partial charge in [-0.3, -0.25) is 0 Å². The van der Waals surface area contributed by atoms with Crippen LogP contribution in [0.3, 0.4) is 0 Å². The van der Waals surface area contributed by atoms with E-state index in [1.807, 2.05) is 0 Å². The molecule has 1 aliphatic rings. The van der Waals surface area contributed by atoms with Crippen LogP contribution in [0.25, 0.3) is 0 Å². The van der Waals surface area contributed by atoms with E-state index in [1.165, 1.54) is 29.3 Å². The van der Waals surface area contributed by atoms with Gasteiger partial charge in [-0.1, -0.05) is 34.5 Å². The topological polar surface area (TPSA) is 12.0 Å². The molecule has 1 N–H and O–H groups in total. The maximum atomic E-state index is 3.75. The van der Waals surface area contributed by atoms with Crippen LogP contribution in [0.2, 0.25) is 0 Å². The Kier molecular flexibility index (Phi) is 3.70. The van der Waals surface area contributed by atoms with Crippen molar-refractivity contribution in [3.63, 3.8) is 0 Å². The number of rotatable bonds is 4. The van der Waals surface area contributed by atoms with Gasteiger partial charge in [0.2, 0.25) is 0 Å². The molecule has 1 saturated carbocycles. The molecule has 16 heavy (non-hydrogen) atoms. The number of hydrogen-bond donors (Lipinski definition) is 1. The van der Waals surface area contributed by atoms with E-state index in [4.69, 9.17) is 0 Å². The van der Waals surface area contributed by atoms with Crippen molar-refractivity contribution in [1.29, 1.82) is 0 Å². The highest BCUT2D eigenvalue weighted by molar-refractivity contribution is 9.10. The van der Waals surface area contributed by atoms with Crippen molar-refractivity contribution >= 4 is 15.9 Å². The van der Waals surface area contributed by atoms with E-state index < -0.39 is 0 Å². The Morgan fingerprint density at radius 3 is 2.69 bits per heavy atom. The monoisotopic (exact) mass is 281 g/mol. The van der Waals surface area contributed by atoms with Crippen molar-refractivity contribution in [3.8, 4) is 0 Å². The molecule has 0 atom stereocenters. The maximum Gasteiger partial charge on any atom is 0.0178 e. The van der Waals surface area contributed by atoms with Crippen LogP contribution in [0.4, 0.5) is 0 Å². The van der Waals surface area contributed by atoms with Crippen molar-refractivity contribution in [2.45, 2.75) is 51.1 Å². The minimum Gasteiger partial charge on any atom is -0.309 e. The normalized spacial score (nSPS) is 17.2. The molecule has 1 aliphatic carbocycles. The standard InChI is InChI=1S/C14H20BrN/c1-14(2,16-13-7-4-8-13)10-11-5-3-6-12(15)9-11/h3,5-6,9,13,16H,4,7-8,10H2,1-2H3. The van der Waals surface area contributed by atoms with Gasteiger partial charge in [0.1, 0.15) is 0 Å². The van der Waals surface area contributed by atoms with E-state index in [0.717, 1.165) is 12.5 Å². The smallest absolute Gasteiger partial charge is 0.0178 e. The maximum absolute atomic E-state index is 3.75. The molecule has 0 saturated heterocycles. The lowest BCUT2D eigenvalue weighted by Gasteiger charge is -2.36. The lowest BCUT2D eigenvalue weighted by atomic mass is 9.87. The van der Waals surface area contributed by atoms with Gasteiger partial charge >= 0.3 is 0 Å². The molecule has 0 heterocycles. The van der Waals surface area contributed by atoms with Crippen molar-refractivity contribution in [2.24, 2.45) is 0 Å². The fraction of sp³-hybridized carbons (Fsp3) is 0.571. The molecule has 2 heteroatoms. The fourth-order valence-electron chi connectivity index (χ4n) is 2.31. The first-order valence-electron chi connectivity index (χ1n) is 6.07. The highest BCUT2D eigenvalue weighted by Crippen LogP contribution is 2.23. The highest BCUT2D eigenvalue weighted by atomic mass is 79.9. The molecule has 1 fully saturated rings. The van der Waals surface area contributed by atoms with Crippen molar-refractivity contribution in [1.82, 2.24) is 5.32 Å². The number of hydrogen-bond acceptors (Lipinski definition) is 1. The zero-order valence-corrected chi connectivity index (χ0v) is 11.7. The van der Waals surface area contributed by atoms with Gasteiger partial charge < -0.3 is 5.32 Å². The molecule has 0 bridgehead atoms. The average Bonchev–Trinajstić information content (AvgIpc) is 2.11. The van der Waals surface area contributed by atoms with Crippen LogP contribution < -0.4 is 5.32 Å². The molecule has 0 unspecified atom stereocenters. The van der Waals surface area contributed by atoms with Gasteiger partial charge in [0, 0.05) is 16.1 Å². The van der Waals surface area contributed by atoms with Crippen LogP contribution in [0, 0.1) is 0 Å². The molecule has 0 aromatic heterocycles. The second-order valence-corrected chi connectivity index (χ2v) is 6.38.